The first-order chi connectivity index (χ1) is 22.7. The molecule has 0 amide bonds. The van der Waals surface area contributed by atoms with E-state index in [9.17, 15) is 24.0 Å². The van der Waals surface area contributed by atoms with Crippen LogP contribution >= 0.6 is 0 Å². The van der Waals surface area contributed by atoms with E-state index >= 15 is 0 Å². The van der Waals surface area contributed by atoms with E-state index in [4.69, 9.17) is 23.7 Å². The van der Waals surface area contributed by atoms with Crippen LogP contribution < -0.4 is 23.7 Å². The summed E-state index contributed by atoms with van der Waals surface area (Å²) < 4.78 is 27.1. The highest BCUT2D eigenvalue weighted by Crippen LogP contribution is 2.41. The second kappa shape index (κ2) is 16.3. The van der Waals surface area contributed by atoms with E-state index in [1.54, 1.807) is 50.2 Å². The van der Waals surface area contributed by atoms with Crippen LogP contribution in [0.2, 0.25) is 0 Å². The lowest BCUT2D eigenvalue weighted by Gasteiger charge is -2.16. The van der Waals surface area contributed by atoms with Crippen LogP contribution in [0, 0.1) is 0 Å². The van der Waals surface area contributed by atoms with Gasteiger partial charge in [0.1, 0.15) is 17.2 Å². The van der Waals surface area contributed by atoms with Crippen molar-refractivity contribution in [1.29, 1.82) is 0 Å². The second-order valence-corrected chi connectivity index (χ2v) is 10.5. The summed E-state index contributed by atoms with van der Waals surface area (Å²) in [7, 11) is 0. The number of allylic oxidation sites excluding steroid dienone is 2. The number of esters is 5. The van der Waals surface area contributed by atoms with Crippen LogP contribution in [0.3, 0.4) is 0 Å². The summed E-state index contributed by atoms with van der Waals surface area (Å²) in [6.07, 6.45) is 3.90. The van der Waals surface area contributed by atoms with Crippen LogP contribution in [-0.2, 0) is 24.0 Å². The van der Waals surface area contributed by atoms with Gasteiger partial charge in [0.2, 0.25) is 0 Å². The van der Waals surface area contributed by atoms with Crippen molar-refractivity contribution in [2.45, 2.75) is 34.6 Å². The van der Waals surface area contributed by atoms with Crippen LogP contribution in [0.5, 0.6) is 28.7 Å². The van der Waals surface area contributed by atoms with Gasteiger partial charge in [-0.1, -0.05) is 50.1 Å². The van der Waals surface area contributed by atoms with E-state index < -0.39 is 29.8 Å². The highest BCUT2D eigenvalue weighted by molar-refractivity contribution is 5.95. The summed E-state index contributed by atoms with van der Waals surface area (Å²) in [5, 5.41) is 0. The summed E-state index contributed by atoms with van der Waals surface area (Å²) in [4.78, 5) is 61.9. The zero-order valence-electron chi connectivity index (χ0n) is 27.2. The Hall–Kier alpha value is -6.29. The molecule has 0 aromatic heterocycles. The van der Waals surface area contributed by atoms with Gasteiger partial charge < -0.3 is 23.7 Å². The lowest BCUT2D eigenvalue weighted by molar-refractivity contribution is -0.132. The fourth-order valence-electron chi connectivity index (χ4n) is 3.75. The normalized spacial score (nSPS) is 10.9. The van der Waals surface area contributed by atoms with Crippen molar-refractivity contribution in [3.63, 3.8) is 0 Å². The molecule has 0 spiro atoms. The van der Waals surface area contributed by atoms with Gasteiger partial charge in [0.15, 0.2) is 11.5 Å². The molecule has 10 heteroatoms. The molecule has 0 radical (unpaired) electrons. The van der Waals surface area contributed by atoms with Gasteiger partial charge in [-0.3, -0.25) is 0 Å². The summed E-state index contributed by atoms with van der Waals surface area (Å²) >= 11 is 0. The van der Waals surface area contributed by atoms with Crippen molar-refractivity contribution in [2.24, 2.45) is 0 Å². The highest BCUT2D eigenvalue weighted by atomic mass is 16.6. The molecule has 0 bridgehead atoms. The fraction of sp³-hybridized carbons (Fsp3) is 0.132. The smallest absolute Gasteiger partial charge is 0.338 e. The van der Waals surface area contributed by atoms with E-state index in [1.807, 2.05) is 0 Å². The van der Waals surface area contributed by atoms with Crippen LogP contribution in [0.25, 0.3) is 16.7 Å². The van der Waals surface area contributed by atoms with Gasteiger partial charge in [0, 0.05) is 40.5 Å². The zero-order chi connectivity index (χ0) is 35.5. The molecule has 3 aromatic carbocycles. The molecular formula is C38H34O10. The van der Waals surface area contributed by atoms with Gasteiger partial charge in [-0.25, -0.2) is 24.0 Å². The Morgan fingerprint density at radius 3 is 1.52 bits per heavy atom. The number of benzene rings is 3. The molecule has 0 atom stereocenters. The SMILES string of the molecule is C=C(C)C(=O)Oc1ccc(/C(C)=C/C(=O)Oc2cc(OC(=O)/C=C/C)c(-c3ccc(OC(=O)C(=C)C)cc3)cc2OC(=O)C(=C)C)cc1. The van der Waals surface area contributed by atoms with Crippen molar-refractivity contribution < 1.29 is 47.7 Å². The molecule has 0 aliphatic heterocycles. The molecule has 48 heavy (non-hydrogen) atoms. The van der Waals surface area contributed by atoms with Gasteiger partial charge in [-0.05, 0) is 81.7 Å². The molecule has 0 unspecified atom stereocenters. The first kappa shape index (κ1) is 36.2. The predicted molar refractivity (Wildman–Crippen MR) is 179 cm³/mol. The standard InChI is InChI=1S/C38H34O10/c1-9-10-34(39)46-31-21-33(47-35(40)19-25(8)26-11-15-28(16-12-26)44-36(41)22(2)3)32(48-38(43)24(6)7)20-30(31)27-13-17-29(18-14-27)45-37(42)23(4)5/h9-21H,2,4,6H2,1,3,5,7-8H3/b10-9+,25-19+. The molecule has 0 fully saturated rings. The Labute approximate surface area is 278 Å². The van der Waals surface area contributed by atoms with Crippen molar-refractivity contribution in [3.8, 4) is 39.9 Å². The Kier molecular flexibility index (Phi) is 12.3. The van der Waals surface area contributed by atoms with E-state index in [0.29, 0.717) is 22.4 Å². The van der Waals surface area contributed by atoms with E-state index in [2.05, 4.69) is 19.7 Å². The number of rotatable bonds is 12. The van der Waals surface area contributed by atoms with Crippen LogP contribution in [0.15, 0.2) is 115 Å². The van der Waals surface area contributed by atoms with Crippen LogP contribution in [0.1, 0.15) is 40.2 Å². The molecule has 0 heterocycles. The molecule has 0 saturated carbocycles. The maximum absolute atomic E-state index is 13.1. The molecule has 246 valence electrons. The van der Waals surface area contributed by atoms with E-state index in [1.165, 1.54) is 63.3 Å². The lowest BCUT2D eigenvalue weighted by Crippen LogP contribution is -2.13. The van der Waals surface area contributed by atoms with Crippen molar-refractivity contribution in [3.05, 3.63) is 121 Å². The lowest BCUT2D eigenvalue weighted by atomic mass is 10.0. The quantitative estimate of drug-likeness (QED) is 0.112. The summed E-state index contributed by atoms with van der Waals surface area (Å²) in [6.45, 7) is 18.5. The monoisotopic (exact) mass is 650 g/mol. The Balaban J connectivity index is 2.03. The minimum absolute atomic E-state index is 0.0247. The average Bonchev–Trinajstić information content (AvgIpc) is 3.02. The van der Waals surface area contributed by atoms with E-state index in [0.717, 1.165) is 0 Å². The van der Waals surface area contributed by atoms with Gasteiger partial charge in [-0.15, -0.1) is 0 Å². The minimum Gasteiger partial charge on any atom is -0.423 e. The Morgan fingerprint density at radius 2 is 1.02 bits per heavy atom. The molecule has 0 N–H and O–H groups in total. The summed E-state index contributed by atoms with van der Waals surface area (Å²) in [5.74, 6) is -3.38. The van der Waals surface area contributed by atoms with E-state index in [-0.39, 0.29) is 45.3 Å². The number of carbonyl (C=O) groups is 5. The summed E-state index contributed by atoms with van der Waals surface area (Å²) in [5.41, 5.74) is 2.44. The topological polar surface area (TPSA) is 132 Å². The van der Waals surface area contributed by atoms with Gasteiger partial charge >= 0.3 is 29.8 Å². The van der Waals surface area contributed by atoms with Crippen molar-refractivity contribution in [1.82, 2.24) is 0 Å². The first-order valence-electron chi connectivity index (χ1n) is 14.4. The zero-order valence-corrected chi connectivity index (χ0v) is 27.2. The maximum atomic E-state index is 13.1. The predicted octanol–water partition coefficient (Wildman–Crippen LogP) is 7.29. The largest absolute Gasteiger partial charge is 0.423 e. The number of hydrogen-bond donors (Lipinski definition) is 0. The van der Waals surface area contributed by atoms with Crippen molar-refractivity contribution >= 4 is 35.4 Å². The fourth-order valence-corrected chi connectivity index (χ4v) is 3.75. The molecule has 0 aliphatic carbocycles. The number of ether oxygens (including phenoxy) is 5. The molecule has 0 saturated heterocycles. The Bertz CT molecular complexity index is 1860. The minimum atomic E-state index is -0.833. The molecule has 3 rings (SSSR count). The highest BCUT2D eigenvalue weighted by Gasteiger charge is 2.21. The number of hydrogen-bond acceptors (Lipinski definition) is 10. The van der Waals surface area contributed by atoms with Crippen LogP contribution in [-0.4, -0.2) is 29.8 Å². The summed E-state index contributed by atoms with van der Waals surface area (Å²) in [6, 6.07) is 15.3. The third-order valence-electron chi connectivity index (χ3n) is 6.25. The maximum Gasteiger partial charge on any atom is 0.338 e. The molecule has 10 nitrogen and oxygen atoms in total. The first-order valence-corrected chi connectivity index (χ1v) is 14.4. The van der Waals surface area contributed by atoms with Gasteiger partial charge in [0.05, 0.1) is 0 Å². The van der Waals surface area contributed by atoms with Crippen LogP contribution in [0.4, 0.5) is 0 Å². The number of carbonyl (C=O) groups excluding carboxylic acids is 5. The second-order valence-electron chi connectivity index (χ2n) is 10.5. The molecular weight excluding hydrogens is 616 g/mol. The third kappa shape index (κ3) is 10.1. The molecule has 3 aromatic rings. The third-order valence-corrected chi connectivity index (χ3v) is 6.25. The molecule has 0 aliphatic rings. The van der Waals surface area contributed by atoms with Gasteiger partial charge in [0.25, 0.3) is 0 Å². The van der Waals surface area contributed by atoms with Gasteiger partial charge in [-0.2, -0.15) is 0 Å². The Morgan fingerprint density at radius 1 is 0.562 bits per heavy atom. The van der Waals surface area contributed by atoms with Crippen molar-refractivity contribution in [2.75, 3.05) is 0 Å². The average molecular weight is 651 g/mol.